The number of carbonyl (C=O) groups excluding carboxylic acids is 1. The number of para-hydroxylation sites is 1. The third kappa shape index (κ3) is 3.12. The van der Waals surface area contributed by atoms with Gasteiger partial charge in [-0.15, -0.1) is 0 Å². The summed E-state index contributed by atoms with van der Waals surface area (Å²) in [6.07, 6.45) is -0.0286. The Bertz CT molecular complexity index is 597. The van der Waals surface area contributed by atoms with Crippen LogP contribution in [0.25, 0.3) is 0 Å². The number of rotatable bonds is 3. The summed E-state index contributed by atoms with van der Waals surface area (Å²) in [5.41, 5.74) is 1.64. The fourth-order valence-electron chi connectivity index (χ4n) is 2.45. The molecule has 1 atom stereocenters. The number of nitrogens with zero attached hydrogens (tertiary/aromatic N) is 1. The maximum absolute atomic E-state index is 12.2. The number of hydrogen-bond acceptors (Lipinski definition) is 4. The Kier molecular flexibility index (Phi) is 4.32. The van der Waals surface area contributed by atoms with Crippen molar-refractivity contribution < 1.29 is 17.9 Å². The molecule has 0 saturated carbocycles. The standard InChI is InChI=1S/C14H19NO4S/c1-3-19-14(16)15(12-8-9-20(17,18)10-12)13-7-5-4-6-11(13)2/h4-7,12H,3,8-10H2,1-2H3. The first kappa shape index (κ1) is 14.8. The van der Waals surface area contributed by atoms with Gasteiger partial charge in [0.25, 0.3) is 0 Å². The Labute approximate surface area is 119 Å². The zero-order chi connectivity index (χ0) is 14.8. The number of anilines is 1. The number of ether oxygens (including phenoxy) is 1. The maximum Gasteiger partial charge on any atom is 0.414 e. The summed E-state index contributed by atoms with van der Waals surface area (Å²) in [5, 5.41) is 0. The third-order valence-electron chi connectivity index (χ3n) is 3.41. The van der Waals surface area contributed by atoms with Crippen molar-refractivity contribution in [1.29, 1.82) is 0 Å². The predicted molar refractivity (Wildman–Crippen MR) is 77.7 cm³/mol. The third-order valence-corrected chi connectivity index (χ3v) is 5.16. The normalized spacial score (nSPS) is 20.6. The molecule has 1 amide bonds. The lowest BCUT2D eigenvalue weighted by Gasteiger charge is -2.28. The van der Waals surface area contributed by atoms with Crippen molar-refractivity contribution >= 4 is 21.6 Å². The highest BCUT2D eigenvalue weighted by Gasteiger charge is 2.36. The molecular formula is C14H19NO4S. The van der Waals surface area contributed by atoms with Crippen molar-refractivity contribution in [2.45, 2.75) is 26.3 Å². The molecule has 0 aliphatic carbocycles. The van der Waals surface area contributed by atoms with Crippen molar-refractivity contribution in [3.8, 4) is 0 Å². The zero-order valence-electron chi connectivity index (χ0n) is 11.7. The van der Waals surface area contributed by atoms with Crippen molar-refractivity contribution in [3.63, 3.8) is 0 Å². The summed E-state index contributed by atoms with van der Waals surface area (Å²) in [6, 6.07) is 7.08. The van der Waals surface area contributed by atoms with Gasteiger partial charge < -0.3 is 4.74 Å². The minimum atomic E-state index is -3.06. The number of benzene rings is 1. The number of amides is 1. The Hall–Kier alpha value is -1.56. The van der Waals surface area contributed by atoms with Gasteiger partial charge in [-0.1, -0.05) is 18.2 Å². The summed E-state index contributed by atoms with van der Waals surface area (Å²) in [4.78, 5) is 13.7. The monoisotopic (exact) mass is 297 g/mol. The van der Waals surface area contributed by atoms with Crippen LogP contribution in [0.3, 0.4) is 0 Å². The second-order valence-electron chi connectivity index (χ2n) is 4.91. The van der Waals surface area contributed by atoms with Crippen LogP contribution in [0.1, 0.15) is 18.9 Å². The smallest absolute Gasteiger partial charge is 0.414 e. The first-order valence-corrected chi connectivity index (χ1v) is 8.49. The molecule has 0 N–H and O–H groups in total. The van der Waals surface area contributed by atoms with Gasteiger partial charge in [0, 0.05) is 0 Å². The molecule has 0 aromatic heterocycles. The van der Waals surface area contributed by atoms with Gasteiger partial charge in [0.05, 0.1) is 29.8 Å². The van der Waals surface area contributed by atoms with Crippen molar-refractivity contribution in [3.05, 3.63) is 29.8 Å². The summed E-state index contributed by atoms with van der Waals surface area (Å²) >= 11 is 0. The Morgan fingerprint density at radius 1 is 1.40 bits per heavy atom. The molecule has 1 aliphatic heterocycles. The van der Waals surface area contributed by atoms with Gasteiger partial charge >= 0.3 is 6.09 Å². The SMILES string of the molecule is CCOC(=O)N(c1ccccc1C)C1CCS(=O)(=O)C1. The van der Waals surface area contributed by atoms with Crippen LogP contribution in [0.2, 0.25) is 0 Å². The molecular weight excluding hydrogens is 278 g/mol. The molecule has 1 unspecified atom stereocenters. The second-order valence-corrected chi connectivity index (χ2v) is 7.14. The quantitative estimate of drug-likeness (QED) is 0.857. The van der Waals surface area contributed by atoms with Crippen LogP contribution in [0, 0.1) is 6.92 Å². The molecule has 5 nitrogen and oxygen atoms in total. The molecule has 110 valence electrons. The fraction of sp³-hybridized carbons (Fsp3) is 0.500. The van der Waals surface area contributed by atoms with E-state index < -0.39 is 15.9 Å². The average Bonchev–Trinajstić information content (AvgIpc) is 2.73. The van der Waals surface area contributed by atoms with Gasteiger partial charge in [-0.2, -0.15) is 0 Å². The molecule has 0 bridgehead atoms. The minimum absolute atomic E-state index is 0.000147. The van der Waals surface area contributed by atoms with Crippen LogP contribution in [0.4, 0.5) is 10.5 Å². The van der Waals surface area contributed by atoms with Crippen LogP contribution < -0.4 is 4.90 Å². The highest BCUT2D eigenvalue weighted by molar-refractivity contribution is 7.91. The summed E-state index contributed by atoms with van der Waals surface area (Å²) in [7, 11) is -3.06. The Balaban J connectivity index is 2.36. The summed E-state index contributed by atoms with van der Waals surface area (Å²) in [5.74, 6) is 0.125. The van der Waals surface area contributed by atoms with E-state index >= 15 is 0 Å². The molecule has 1 aromatic carbocycles. The number of carbonyl (C=O) groups is 1. The first-order valence-electron chi connectivity index (χ1n) is 6.66. The molecule has 0 spiro atoms. The van der Waals surface area contributed by atoms with E-state index in [1.165, 1.54) is 4.90 Å². The minimum Gasteiger partial charge on any atom is -0.449 e. The van der Waals surface area contributed by atoms with E-state index in [-0.39, 0.29) is 24.2 Å². The second kappa shape index (κ2) is 5.83. The van der Waals surface area contributed by atoms with Gasteiger partial charge in [0.1, 0.15) is 0 Å². The van der Waals surface area contributed by atoms with Gasteiger partial charge in [-0.05, 0) is 31.9 Å². The average molecular weight is 297 g/mol. The topological polar surface area (TPSA) is 63.7 Å². The molecule has 1 heterocycles. The number of aryl methyl sites for hydroxylation is 1. The highest BCUT2D eigenvalue weighted by Crippen LogP contribution is 2.27. The van der Waals surface area contributed by atoms with E-state index in [0.717, 1.165) is 5.56 Å². The molecule has 1 fully saturated rings. The zero-order valence-corrected chi connectivity index (χ0v) is 12.5. The summed E-state index contributed by atoms with van der Waals surface area (Å²) in [6.45, 7) is 3.89. The van der Waals surface area contributed by atoms with Crippen molar-refractivity contribution in [2.24, 2.45) is 0 Å². The lowest BCUT2D eigenvalue weighted by molar-refractivity contribution is 0.157. The van der Waals surface area contributed by atoms with Gasteiger partial charge in [-0.25, -0.2) is 13.2 Å². The Morgan fingerprint density at radius 2 is 2.10 bits per heavy atom. The largest absolute Gasteiger partial charge is 0.449 e. The summed E-state index contributed by atoms with van der Waals surface area (Å²) < 4.78 is 28.4. The van der Waals surface area contributed by atoms with Crippen LogP contribution in [0.5, 0.6) is 0 Å². The molecule has 1 saturated heterocycles. The first-order chi connectivity index (χ1) is 9.44. The predicted octanol–water partition coefficient (Wildman–Crippen LogP) is 2.15. The van der Waals surface area contributed by atoms with Gasteiger partial charge in [0.2, 0.25) is 0 Å². The molecule has 1 aromatic rings. The lowest BCUT2D eigenvalue weighted by atomic mass is 10.1. The van der Waals surface area contributed by atoms with Crippen LogP contribution in [-0.2, 0) is 14.6 Å². The van der Waals surface area contributed by atoms with Crippen molar-refractivity contribution in [2.75, 3.05) is 23.0 Å². The maximum atomic E-state index is 12.2. The van der Waals surface area contributed by atoms with Crippen LogP contribution in [-0.4, -0.2) is 38.7 Å². The Morgan fingerprint density at radius 3 is 2.65 bits per heavy atom. The van der Waals surface area contributed by atoms with E-state index in [1.54, 1.807) is 6.92 Å². The van der Waals surface area contributed by atoms with E-state index in [4.69, 9.17) is 4.74 Å². The van der Waals surface area contributed by atoms with E-state index in [1.807, 2.05) is 31.2 Å². The molecule has 6 heteroatoms. The van der Waals surface area contributed by atoms with Crippen LogP contribution >= 0.6 is 0 Å². The molecule has 1 aliphatic rings. The number of hydrogen-bond donors (Lipinski definition) is 0. The molecule has 2 rings (SSSR count). The van der Waals surface area contributed by atoms with E-state index in [0.29, 0.717) is 12.1 Å². The van der Waals surface area contributed by atoms with Crippen molar-refractivity contribution in [1.82, 2.24) is 0 Å². The highest BCUT2D eigenvalue weighted by atomic mass is 32.2. The molecule has 0 radical (unpaired) electrons. The lowest BCUT2D eigenvalue weighted by Crippen LogP contribution is -2.42. The van der Waals surface area contributed by atoms with E-state index in [9.17, 15) is 13.2 Å². The number of sulfone groups is 1. The van der Waals surface area contributed by atoms with Gasteiger partial charge in [-0.3, -0.25) is 4.90 Å². The van der Waals surface area contributed by atoms with Gasteiger partial charge in [0.15, 0.2) is 9.84 Å². The van der Waals surface area contributed by atoms with E-state index in [2.05, 4.69) is 0 Å². The molecule has 20 heavy (non-hydrogen) atoms. The fourth-order valence-corrected chi connectivity index (χ4v) is 4.15. The van der Waals surface area contributed by atoms with Crippen LogP contribution in [0.15, 0.2) is 24.3 Å².